The third-order valence-electron chi connectivity index (χ3n) is 3.54. The molecule has 136 valence electrons. The third kappa shape index (κ3) is 3.91. The summed E-state index contributed by atoms with van der Waals surface area (Å²) in [6, 6.07) is 6.33. The molecular formula is C17H15ClF2N4O2. The highest BCUT2D eigenvalue weighted by Crippen LogP contribution is 2.35. The minimum Gasteiger partial charge on any atom is -0.493 e. The number of anilines is 2. The first kappa shape index (κ1) is 18.1. The number of methoxy groups -OCH3 is 1. The lowest BCUT2D eigenvalue weighted by atomic mass is 10.2. The van der Waals surface area contributed by atoms with Crippen LogP contribution >= 0.6 is 11.6 Å². The van der Waals surface area contributed by atoms with Crippen molar-refractivity contribution in [2.45, 2.75) is 18.9 Å². The number of halogens is 3. The van der Waals surface area contributed by atoms with Crippen molar-refractivity contribution < 1.29 is 18.3 Å². The average Bonchev–Trinajstić information content (AvgIpc) is 2.60. The number of rotatable bonds is 6. The van der Waals surface area contributed by atoms with Gasteiger partial charge in [-0.1, -0.05) is 18.5 Å². The van der Waals surface area contributed by atoms with Crippen LogP contribution in [0, 0.1) is 11.6 Å². The van der Waals surface area contributed by atoms with Crippen molar-refractivity contribution >= 4 is 34.0 Å². The van der Waals surface area contributed by atoms with Crippen LogP contribution in [0.25, 0.3) is 10.9 Å². The number of fused-ring (bicyclic) bond motifs is 1. The van der Waals surface area contributed by atoms with E-state index >= 15 is 0 Å². The monoisotopic (exact) mass is 380 g/mol. The molecule has 0 aliphatic carbocycles. The molecule has 0 aliphatic rings. The van der Waals surface area contributed by atoms with Gasteiger partial charge in [-0.25, -0.2) is 8.78 Å². The Hall–Kier alpha value is -2.74. The Labute approximate surface area is 153 Å². The fraction of sp³-hybridized carbons (Fsp3) is 0.235. The number of nitrogens with zero attached hydrogens (tertiary/aromatic N) is 3. The number of hydrogen-bond donors (Lipinski definition) is 1. The van der Waals surface area contributed by atoms with E-state index in [1.807, 2.05) is 6.92 Å². The van der Waals surface area contributed by atoms with Crippen LogP contribution in [0.15, 0.2) is 30.3 Å². The molecule has 0 fully saturated rings. The van der Waals surface area contributed by atoms with E-state index in [4.69, 9.17) is 21.1 Å². The Morgan fingerprint density at radius 1 is 1.08 bits per heavy atom. The summed E-state index contributed by atoms with van der Waals surface area (Å²) in [6.07, 6.45) is 0.600. The fourth-order valence-electron chi connectivity index (χ4n) is 2.32. The smallest absolute Gasteiger partial charge is 0.172 e. The molecule has 0 radical (unpaired) electrons. The molecule has 9 heteroatoms. The molecule has 0 bridgehead atoms. The van der Waals surface area contributed by atoms with Crippen LogP contribution in [0.1, 0.15) is 13.3 Å². The summed E-state index contributed by atoms with van der Waals surface area (Å²) in [4.78, 5) is 0. The second kappa shape index (κ2) is 7.65. The van der Waals surface area contributed by atoms with Gasteiger partial charge in [-0.15, -0.1) is 10.2 Å². The van der Waals surface area contributed by atoms with E-state index in [2.05, 4.69) is 20.7 Å². The molecule has 0 saturated heterocycles. The van der Waals surface area contributed by atoms with Gasteiger partial charge in [0.05, 0.1) is 12.5 Å². The lowest BCUT2D eigenvalue weighted by Crippen LogP contribution is -2.08. The molecule has 1 heterocycles. The van der Waals surface area contributed by atoms with Crippen LogP contribution in [-0.4, -0.2) is 28.1 Å². The molecule has 0 amide bonds. The zero-order chi connectivity index (χ0) is 18.7. The topological polar surface area (TPSA) is 69.2 Å². The molecule has 1 unspecified atom stereocenters. The molecule has 0 aliphatic heterocycles. The molecule has 1 N–H and O–H groups in total. The van der Waals surface area contributed by atoms with Gasteiger partial charge in [0.15, 0.2) is 22.9 Å². The average molecular weight is 381 g/mol. The van der Waals surface area contributed by atoms with Crippen molar-refractivity contribution in [2.75, 3.05) is 12.4 Å². The van der Waals surface area contributed by atoms with Crippen LogP contribution < -0.4 is 14.8 Å². The van der Waals surface area contributed by atoms with Crippen molar-refractivity contribution in [3.63, 3.8) is 0 Å². The van der Waals surface area contributed by atoms with Crippen LogP contribution in [0.4, 0.5) is 20.3 Å². The van der Waals surface area contributed by atoms with Crippen molar-refractivity contribution in [1.82, 2.24) is 15.4 Å². The Kier molecular flexibility index (Phi) is 5.32. The summed E-state index contributed by atoms with van der Waals surface area (Å²) < 4.78 is 37.7. The van der Waals surface area contributed by atoms with Gasteiger partial charge in [0.25, 0.3) is 0 Å². The predicted molar refractivity (Wildman–Crippen MR) is 94.1 cm³/mol. The van der Waals surface area contributed by atoms with Gasteiger partial charge >= 0.3 is 0 Å². The van der Waals surface area contributed by atoms with Gasteiger partial charge in [-0.05, 0) is 29.8 Å². The normalized spacial score (nSPS) is 12.0. The maximum absolute atomic E-state index is 13.4. The van der Waals surface area contributed by atoms with Crippen molar-refractivity contribution in [1.29, 1.82) is 0 Å². The lowest BCUT2D eigenvalue weighted by molar-refractivity contribution is 0.261. The molecule has 6 nitrogen and oxygen atoms in total. The lowest BCUT2D eigenvalue weighted by Gasteiger charge is -2.15. The Morgan fingerprint density at radius 2 is 1.81 bits per heavy atom. The summed E-state index contributed by atoms with van der Waals surface area (Å²) in [7, 11) is 1.49. The number of nitrogens with one attached hydrogen (secondary N) is 1. The Morgan fingerprint density at radius 3 is 2.46 bits per heavy atom. The Balaban J connectivity index is 2.04. The molecule has 3 rings (SSSR count). The van der Waals surface area contributed by atoms with Crippen molar-refractivity contribution in [2.24, 2.45) is 0 Å². The summed E-state index contributed by atoms with van der Waals surface area (Å²) in [5.41, 5.74) is 0.120. The van der Waals surface area contributed by atoms with Crippen LogP contribution in [0.2, 0.25) is 0 Å². The number of ether oxygens (including phenoxy) is 2. The van der Waals surface area contributed by atoms with Gasteiger partial charge in [0.1, 0.15) is 17.2 Å². The molecule has 0 spiro atoms. The first-order valence-electron chi connectivity index (χ1n) is 7.75. The first-order valence-corrected chi connectivity index (χ1v) is 8.18. The molecule has 3 aromatic rings. The standard InChI is InChI=1S/C17H15ClF2N4O2/c1-3-16(18)26-15-8-13-12(7-14(15)25-2)17(23-24-22-13)21-11-5-9(19)4-10(20)6-11/h4-8,16H,3H2,1-2H3,(H,21,22,23). The van der Waals surface area contributed by atoms with Crippen molar-refractivity contribution in [3.05, 3.63) is 42.0 Å². The van der Waals surface area contributed by atoms with E-state index in [1.54, 1.807) is 12.1 Å². The molecule has 1 atom stereocenters. The molecule has 2 aromatic carbocycles. The summed E-state index contributed by atoms with van der Waals surface area (Å²) in [5.74, 6) is -0.327. The van der Waals surface area contributed by atoms with Gasteiger partial charge in [0.2, 0.25) is 0 Å². The van der Waals surface area contributed by atoms with Crippen LogP contribution in [-0.2, 0) is 0 Å². The SMILES string of the molecule is CCC(Cl)Oc1cc2nnnc(Nc3cc(F)cc(F)c3)c2cc1OC. The second-order valence-corrected chi connectivity index (χ2v) is 5.86. The maximum Gasteiger partial charge on any atom is 0.172 e. The Bertz CT molecular complexity index is 922. The maximum atomic E-state index is 13.4. The minimum absolute atomic E-state index is 0.190. The number of alkyl halides is 1. The molecule has 0 saturated carbocycles. The highest BCUT2D eigenvalue weighted by atomic mass is 35.5. The zero-order valence-electron chi connectivity index (χ0n) is 14.0. The fourth-order valence-corrected chi connectivity index (χ4v) is 2.41. The van der Waals surface area contributed by atoms with E-state index in [9.17, 15) is 8.78 Å². The third-order valence-corrected chi connectivity index (χ3v) is 3.93. The van der Waals surface area contributed by atoms with Gasteiger partial charge in [-0.2, -0.15) is 0 Å². The summed E-state index contributed by atoms with van der Waals surface area (Å²) >= 11 is 6.04. The van der Waals surface area contributed by atoms with E-state index in [1.165, 1.54) is 7.11 Å². The molecule has 26 heavy (non-hydrogen) atoms. The van der Waals surface area contributed by atoms with Gasteiger partial charge < -0.3 is 14.8 Å². The molecule has 1 aromatic heterocycles. The van der Waals surface area contributed by atoms with E-state index in [0.29, 0.717) is 28.8 Å². The van der Waals surface area contributed by atoms with Crippen LogP contribution in [0.3, 0.4) is 0 Å². The minimum atomic E-state index is -0.709. The predicted octanol–water partition coefficient (Wildman–Crippen LogP) is 4.41. The van der Waals surface area contributed by atoms with Crippen molar-refractivity contribution in [3.8, 4) is 11.5 Å². The first-order chi connectivity index (χ1) is 12.5. The largest absolute Gasteiger partial charge is 0.493 e. The van der Waals surface area contributed by atoms with Crippen LogP contribution in [0.5, 0.6) is 11.5 Å². The highest BCUT2D eigenvalue weighted by Gasteiger charge is 2.15. The van der Waals surface area contributed by atoms with E-state index in [0.717, 1.165) is 18.2 Å². The quantitative estimate of drug-likeness (QED) is 0.639. The van der Waals surface area contributed by atoms with E-state index < -0.39 is 17.2 Å². The number of aromatic nitrogens is 3. The summed E-state index contributed by atoms with van der Waals surface area (Å²) in [5, 5.41) is 14.9. The zero-order valence-corrected chi connectivity index (χ0v) is 14.7. The second-order valence-electron chi connectivity index (χ2n) is 5.38. The molecular weight excluding hydrogens is 366 g/mol. The van der Waals surface area contributed by atoms with Gasteiger partial charge in [0, 0.05) is 17.8 Å². The highest BCUT2D eigenvalue weighted by molar-refractivity contribution is 6.19. The summed E-state index contributed by atoms with van der Waals surface area (Å²) in [6.45, 7) is 1.88. The number of hydrogen-bond acceptors (Lipinski definition) is 6. The van der Waals surface area contributed by atoms with Gasteiger partial charge in [-0.3, -0.25) is 0 Å². The number of benzene rings is 2. The van der Waals surface area contributed by atoms with E-state index in [-0.39, 0.29) is 11.5 Å².